The minimum absolute atomic E-state index is 0.191. The van der Waals surface area contributed by atoms with E-state index in [4.69, 9.17) is 5.73 Å². The molecular formula is C14H13F2N3O2. The fourth-order valence-electron chi connectivity index (χ4n) is 1.82. The minimum Gasteiger partial charge on any atom is -0.376 e. The van der Waals surface area contributed by atoms with Gasteiger partial charge in [0.25, 0.3) is 5.69 Å². The number of nitrogens with zero attached hydrogens (tertiary/aromatic N) is 1. The summed E-state index contributed by atoms with van der Waals surface area (Å²) in [7, 11) is 0. The standard InChI is InChI=1S/C14H13F2N3O2/c15-12-5-11(19(20)21)6-13(16)14(12)18-8-10-3-1-9(7-17)2-4-10/h1-6,18H,7-8,17H2. The Morgan fingerprint density at radius 3 is 2.10 bits per heavy atom. The second kappa shape index (κ2) is 6.27. The summed E-state index contributed by atoms with van der Waals surface area (Å²) in [6, 6.07) is 8.58. The van der Waals surface area contributed by atoms with Crippen LogP contribution in [0.1, 0.15) is 11.1 Å². The van der Waals surface area contributed by atoms with Gasteiger partial charge in [-0.05, 0) is 11.1 Å². The molecule has 0 saturated carbocycles. The topological polar surface area (TPSA) is 81.2 Å². The predicted octanol–water partition coefficient (Wildman–Crippen LogP) is 2.94. The minimum atomic E-state index is -1.000. The number of halogens is 2. The average Bonchev–Trinajstić information content (AvgIpc) is 2.46. The number of nitrogens with two attached hydrogens (primary N) is 1. The summed E-state index contributed by atoms with van der Waals surface area (Å²) in [5, 5.41) is 13.1. The van der Waals surface area contributed by atoms with Crippen LogP contribution in [0.25, 0.3) is 0 Å². The van der Waals surface area contributed by atoms with Crippen LogP contribution in [-0.2, 0) is 13.1 Å². The molecule has 0 spiro atoms. The number of hydrogen-bond donors (Lipinski definition) is 2. The van der Waals surface area contributed by atoms with E-state index < -0.39 is 22.2 Å². The highest BCUT2D eigenvalue weighted by Crippen LogP contribution is 2.25. The van der Waals surface area contributed by atoms with E-state index in [1.165, 1.54) is 0 Å². The van der Waals surface area contributed by atoms with Crippen LogP contribution < -0.4 is 11.1 Å². The third-order valence-electron chi connectivity index (χ3n) is 2.97. The lowest BCUT2D eigenvalue weighted by molar-refractivity contribution is -0.385. The van der Waals surface area contributed by atoms with Gasteiger partial charge in [0.1, 0.15) is 5.69 Å². The molecular weight excluding hydrogens is 280 g/mol. The number of anilines is 1. The number of nitro benzene ring substituents is 1. The fraction of sp³-hybridized carbons (Fsp3) is 0.143. The van der Waals surface area contributed by atoms with Gasteiger partial charge in [0.2, 0.25) is 0 Å². The van der Waals surface area contributed by atoms with Gasteiger partial charge in [-0.2, -0.15) is 0 Å². The molecule has 3 N–H and O–H groups in total. The van der Waals surface area contributed by atoms with Crippen molar-refractivity contribution >= 4 is 11.4 Å². The molecule has 0 aliphatic carbocycles. The van der Waals surface area contributed by atoms with E-state index in [1.54, 1.807) is 12.1 Å². The summed E-state index contributed by atoms with van der Waals surface area (Å²) in [4.78, 5) is 9.65. The molecule has 7 heteroatoms. The molecule has 0 heterocycles. The number of nitro groups is 1. The van der Waals surface area contributed by atoms with Crippen LogP contribution in [0.4, 0.5) is 20.2 Å². The Bertz CT molecular complexity index is 637. The van der Waals surface area contributed by atoms with Gasteiger partial charge in [-0.3, -0.25) is 10.1 Å². The van der Waals surface area contributed by atoms with E-state index in [1.807, 2.05) is 12.1 Å². The zero-order valence-corrected chi connectivity index (χ0v) is 11.0. The SMILES string of the molecule is NCc1ccc(CNc2c(F)cc([N+](=O)[O-])cc2F)cc1. The first-order valence-electron chi connectivity index (χ1n) is 6.16. The molecule has 2 aromatic rings. The normalized spacial score (nSPS) is 10.4. The zero-order valence-electron chi connectivity index (χ0n) is 11.0. The molecule has 0 fully saturated rings. The van der Waals surface area contributed by atoms with Crippen LogP contribution >= 0.6 is 0 Å². The maximum Gasteiger partial charge on any atom is 0.275 e. The molecule has 0 aliphatic heterocycles. The number of nitrogens with one attached hydrogen (secondary N) is 1. The number of rotatable bonds is 5. The zero-order chi connectivity index (χ0) is 15.4. The number of benzene rings is 2. The predicted molar refractivity (Wildman–Crippen MR) is 74.7 cm³/mol. The van der Waals surface area contributed by atoms with E-state index in [9.17, 15) is 18.9 Å². The Morgan fingerprint density at radius 2 is 1.62 bits per heavy atom. The van der Waals surface area contributed by atoms with Crippen molar-refractivity contribution in [3.63, 3.8) is 0 Å². The van der Waals surface area contributed by atoms with Crippen LogP contribution in [0.3, 0.4) is 0 Å². The second-order valence-corrected chi connectivity index (χ2v) is 4.42. The molecule has 0 unspecified atom stereocenters. The molecule has 0 saturated heterocycles. The lowest BCUT2D eigenvalue weighted by atomic mass is 10.1. The van der Waals surface area contributed by atoms with Gasteiger partial charge < -0.3 is 11.1 Å². The maximum absolute atomic E-state index is 13.7. The van der Waals surface area contributed by atoms with Gasteiger partial charge in [-0.15, -0.1) is 0 Å². The van der Waals surface area contributed by atoms with Crippen LogP contribution in [0, 0.1) is 21.7 Å². The summed E-state index contributed by atoms with van der Waals surface area (Å²) in [5.74, 6) is -2.00. The molecule has 0 aromatic heterocycles. The quantitative estimate of drug-likeness (QED) is 0.656. The summed E-state index contributed by atoms with van der Waals surface area (Å²) in [6.45, 7) is 0.607. The van der Waals surface area contributed by atoms with Crippen LogP contribution in [0.2, 0.25) is 0 Å². The van der Waals surface area contributed by atoms with Crippen molar-refractivity contribution in [1.82, 2.24) is 0 Å². The monoisotopic (exact) mass is 293 g/mol. The van der Waals surface area contributed by atoms with Crippen LogP contribution in [0.5, 0.6) is 0 Å². The largest absolute Gasteiger partial charge is 0.376 e. The van der Waals surface area contributed by atoms with E-state index >= 15 is 0 Å². The fourth-order valence-corrected chi connectivity index (χ4v) is 1.82. The number of hydrogen-bond acceptors (Lipinski definition) is 4. The molecule has 5 nitrogen and oxygen atoms in total. The molecule has 0 bridgehead atoms. The molecule has 0 amide bonds. The molecule has 0 aliphatic rings. The average molecular weight is 293 g/mol. The van der Waals surface area contributed by atoms with Gasteiger partial charge in [-0.25, -0.2) is 8.78 Å². The van der Waals surface area contributed by atoms with Crippen molar-refractivity contribution in [2.24, 2.45) is 5.73 Å². The van der Waals surface area contributed by atoms with Crippen molar-refractivity contribution in [3.05, 3.63) is 69.3 Å². The highest BCUT2D eigenvalue weighted by molar-refractivity contribution is 5.52. The van der Waals surface area contributed by atoms with Crippen molar-refractivity contribution in [2.75, 3.05) is 5.32 Å². The maximum atomic E-state index is 13.7. The first-order valence-corrected chi connectivity index (χ1v) is 6.16. The van der Waals surface area contributed by atoms with E-state index in [0.29, 0.717) is 18.7 Å². The van der Waals surface area contributed by atoms with Crippen molar-refractivity contribution in [1.29, 1.82) is 0 Å². The number of non-ortho nitro benzene ring substituents is 1. The Morgan fingerprint density at radius 1 is 1.10 bits per heavy atom. The summed E-state index contributed by atoms with van der Waals surface area (Å²) < 4.78 is 27.3. The van der Waals surface area contributed by atoms with E-state index in [0.717, 1.165) is 11.1 Å². The summed E-state index contributed by atoms with van der Waals surface area (Å²) >= 11 is 0. The summed E-state index contributed by atoms with van der Waals surface area (Å²) in [6.07, 6.45) is 0. The van der Waals surface area contributed by atoms with Gasteiger partial charge in [0.05, 0.1) is 17.1 Å². The van der Waals surface area contributed by atoms with E-state index in [2.05, 4.69) is 5.32 Å². The second-order valence-electron chi connectivity index (χ2n) is 4.42. The van der Waals surface area contributed by atoms with E-state index in [-0.39, 0.29) is 12.2 Å². The van der Waals surface area contributed by atoms with Gasteiger partial charge in [0, 0.05) is 13.1 Å². The molecule has 110 valence electrons. The smallest absolute Gasteiger partial charge is 0.275 e. The Balaban J connectivity index is 2.14. The van der Waals surface area contributed by atoms with Gasteiger partial charge >= 0.3 is 0 Å². The van der Waals surface area contributed by atoms with Crippen LogP contribution in [-0.4, -0.2) is 4.92 Å². The van der Waals surface area contributed by atoms with Crippen molar-refractivity contribution < 1.29 is 13.7 Å². The third kappa shape index (κ3) is 3.51. The molecule has 2 aromatic carbocycles. The first kappa shape index (κ1) is 14.9. The summed E-state index contributed by atoms with van der Waals surface area (Å²) in [5.41, 5.74) is 6.23. The lowest BCUT2D eigenvalue weighted by Gasteiger charge is -2.09. The lowest BCUT2D eigenvalue weighted by Crippen LogP contribution is -2.05. The molecule has 2 rings (SSSR count). The molecule has 0 radical (unpaired) electrons. The van der Waals surface area contributed by atoms with Crippen LogP contribution in [0.15, 0.2) is 36.4 Å². The highest BCUT2D eigenvalue weighted by Gasteiger charge is 2.16. The molecule has 0 atom stereocenters. The molecule has 21 heavy (non-hydrogen) atoms. The van der Waals surface area contributed by atoms with Crippen molar-refractivity contribution in [2.45, 2.75) is 13.1 Å². The Labute approximate surface area is 119 Å². The van der Waals surface area contributed by atoms with Gasteiger partial charge in [-0.1, -0.05) is 24.3 Å². The highest BCUT2D eigenvalue weighted by atomic mass is 19.1. The third-order valence-corrected chi connectivity index (χ3v) is 2.97. The first-order chi connectivity index (χ1) is 10.0. The Hall–Kier alpha value is -2.54. The van der Waals surface area contributed by atoms with Crippen molar-refractivity contribution in [3.8, 4) is 0 Å². The van der Waals surface area contributed by atoms with Gasteiger partial charge in [0.15, 0.2) is 11.6 Å². The Kier molecular flexibility index (Phi) is 4.44.